The number of amides is 1. The summed E-state index contributed by atoms with van der Waals surface area (Å²) in [6.07, 6.45) is 3.13. The largest absolute Gasteiger partial charge is 0.479 e. The molecule has 2 aliphatic rings. The molecule has 1 N–H and O–H groups in total. The SMILES string of the molecule is O=C(O)[C@@H]1CN(C(=O)Cn2cc(C3CC3)nn2)CCO1. The van der Waals surface area contributed by atoms with Crippen LogP contribution in [0.15, 0.2) is 6.20 Å². The lowest BCUT2D eigenvalue weighted by Gasteiger charge is -2.30. The summed E-state index contributed by atoms with van der Waals surface area (Å²) < 4.78 is 6.60. The Labute approximate surface area is 115 Å². The third kappa shape index (κ3) is 2.79. The van der Waals surface area contributed by atoms with Gasteiger partial charge in [0.25, 0.3) is 0 Å². The Kier molecular flexibility index (Phi) is 3.39. The number of aromatic nitrogens is 3. The fourth-order valence-electron chi connectivity index (χ4n) is 2.22. The van der Waals surface area contributed by atoms with E-state index in [4.69, 9.17) is 9.84 Å². The van der Waals surface area contributed by atoms with Crippen LogP contribution in [0.3, 0.4) is 0 Å². The maximum Gasteiger partial charge on any atom is 0.334 e. The van der Waals surface area contributed by atoms with Gasteiger partial charge in [-0.15, -0.1) is 5.10 Å². The van der Waals surface area contributed by atoms with Crippen molar-refractivity contribution < 1.29 is 19.4 Å². The van der Waals surface area contributed by atoms with Gasteiger partial charge in [-0.25, -0.2) is 9.48 Å². The first-order chi connectivity index (χ1) is 9.63. The molecule has 20 heavy (non-hydrogen) atoms. The number of aliphatic carboxylic acids is 1. The Morgan fingerprint density at radius 2 is 2.25 bits per heavy atom. The van der Waals surface area contributed by atoms with Crippen LogP contribution < -0.4 is 0 Å². The van der Waals surface area contributed by atoms with Gasteiger partial charge in [-0.3, -0.25) is 4.79 Å². The molecular weight excluding hydrogens is 264 g/mol. The average Bonchev–Trinajstić information content (AvgIpc) is 3.20. The van der Waals surface area contributed by atoms with Crippen molar-refractivity contribution in [3.8, 4) is 0 Å². The minimum atomic E-state index is -1.04. The number of hydrogen-bond acceptors (Lipinski definition) is 5. The lowest BCUT2D eigenvalue weighted by atomic mass is 10.2. The maximum absolute atomic E-state index is 12.1. The molecule has 2 fully saturated rings. The zero-order valence-corrected chi connectivity index (χ0v) is 10.9. The van der Waals surface area contributed by atoms with Crippen LogP contribution in [0.1, 0.15) is 24.5 Å². The number of ether oxygens (including phenoxy) is 1. The van der Waals surface area contributed by atoms with Gasteiger partial charge < -0.3 is 14.7 Å². The molecule has 0 spiro atoms. The van der Waals surface area contributed by atoms with Crippen molar-refractivity contribution in [2.24, 2.45) is 0 Å². The molecule has 8 nitrogen and oxygen atoms in total. The van der Waals surface area contributed by atoms with Gasteiger partial charge in [0.15, 0.2) is 6.10 Å². The molecule has 1 saturated heterocycles. The molecule has 0 radical (unpaired) electrons. The van der Waals surface area contributed by atoms with Gasteiger partial charge >= 0.3 is 5.97 Å². The first-order valence-electron chi connectivity index (χ1n) is 6.65. The summed E-state index contributed by atoms with van der Waals surface area (Å²) in [5, 5.41) is 16.9. The highest BCUT2D eigenvalue weighted by molar-refractivity contribution is 5.78. The second kappa shape index (κ2) is 5.20. The van der Waals surface area contributed by atoms with Gasteiger partial charge in [0.1, 0.15) is 6.54 Å². The summed E-state index contributed by atoms with van der Waals surface area (Å²) in [7, 11) is 0. The smallest absolute Gasteiger partial charge is 0.334 e. The van der Waals surface area contributed by atoms with E-state index in [2.05, 4.69) is 10.3 Å². The van der Waals surface area contributed by atoms with E-state index in [1.165, 1.54) is 9.58 Å². The van der Waals surface area contributed by atoms with E-state index in [-0.39, 0.29) is 25.6 Å². The third-order valence-electron chi connectivity index (χ3n) is 3.54. The van der Waals surface area contributed by atoms with E-state index in [9.17, 15) is 9.59 Å². The number of nitrogens with zero attached hydrogens (tertiary/aromatic N) is 4. The number of carbonyl (C=O) groups excluding carboxylic acids is 1. The van der Waals surface area contributed by atoms with Crippen LogP contribution in [-0.2, 0) is 20.9 Å². The van der Waals surface area contributed by atoms with Gasteiger partial charge in [0, 0.05) is 18.7 Å². The zero-order chi connectivity index (χ0) is 14.1. The Bertz CT molecular complexity index is 525. The monoisotopic (exact) mass is 280 g/mol. The fraction of sp³-hybridized carbons (Fsp3) is 0.667. The van der Waals surface area contributed by atoms with Crippen molar-refractivity contribution in [1.82, 2.24) is 19.9 Å². The molecule has 1 amide bonds. The summed E-state index contributed by atoms with van der Waals surface area (Å²) in [5.41, 5.74) is 0.934. The minimum absolute atomic E-state index is 0.0817. The normalized spacial score (nSPS) is 22.8. The van der Waals surface area contributed by atoms with Crippen LogP contribution in [0.4, 0.5) is 0 Å². The summed E-state index contributed by atoms with van der Waals surface area (Å²) in [5.74, 6) is -0.704. The molecule has 0 unspecified atom stereocenters. The number of carboxylic acid groups (broad SMARTS) is 1. The first kappa shape index (κ1) is 13.0. The van der Waals surface area contributed by atoms with Crippen LogP contribution in [0.25, 0.3) is 0 Å². The van der Waals surface area contributed by atoms with Gasteiger partial charge in [-0.2, -0.15) is 0 Å². The van der Waals surface area contributed by atoms with Gasteiger partial charge in [-0.1, -0.05) is 5.21 Å². The van der Waals surface area contributed by atoms with Crippen molar-refractivity contribution in [2.75, 3.05) is 19.7 Å². The number of carboxylic acids is 1. The summed E-state index contributed by atoms with van der Waals surface area (Å²) in [6, 6.07) is 0. The topological polar surface area (TPSA) is 97.6 Å². The Balaban J connectivity index is 1.58. The summed E-state index contributed by atoms with van der Waals surface area (Å²) in [4.78, 5) is 24.5. The number of hydrogen-bond donors (Lipinski definition) is 1. The molecule has 1 saturated carbocycles. The minimum Gasteiger partial charge on any atom is -0.479 e. The lowest BCUT2D eigenvalue weighted by Crippen LogP contribution is -2.49. The van der Waals surface area contributed by atoms with Crippen LogP contribution >= 0.6 is 0 Å². The number of rotatable bonds is 4. The van der Waals surface area contributed by atoms with Crippen molar-refractivity contribution in [3.63, 3.8) is 0 Å². The highest BCUT2D eigenvalue weighted by Gasteiger charge is 2.30. The molecule has 1 aliphatic heterocycles. The molecule has 108 valence electrons. The number of morpholine rings is 1. The van der Waals surface area contributed by atoms with Crippen molar-refractivity contribution in [2.45, 2.75) is 31.4 Å². The van der Waals surface area contributed by atoms with Gasteiger partial charge in [0.2, 0.25) is 5.91 Å². The first-order valence-corrected chi connectivity index (χ1v) is 6.65. The second-order valence-electron chi connectivity index (χ2n) is 5.15. The van der Waals surface area contributed by atoms with Crippen LogP contribution in [0.2, 0.25) is 0 Å². The quantitative estimate of drug-likeness (QED) is 0.796. The predicted octanol–water partition coefficient (Wildman–Crippen LogP) is -0.532. The van der Waals surface area contributed by atoms with Crippen LogP contribution in [0.5, 0.6) is 0 Å². The second-order valence-corrected chi connectivity index (χ2v) is 5.15. The van der Waals surface area contributed by atoms with Crippen LogP contribution in [0, 0.1) is 0 Å². The van der Waals surface area contributed by atoms with Gasteiger partial charge in [-0.05, 0) is 12.8 Å². The zero-order valence-electron chi connectivity index (χ0n) is 10.9. The molecule has 1 aromatic heterocycles. The molecule has 0 bridgehead atoms. The highest BCUT2D eigenvalue weighted by atomic mass is 16.5. The maximum atomic E-state index is 12.1. The van der Waals surface area contributed by atoms with Crippen LogP contribution in [-0.4, -0.2) is 62.7 Å². The molecule has 1 aliphatic carbocycles. The molecule has 2 heterocycles. The Morgan fingerprint density at radius 3 is 2.95 bits per heavy atom. The van der Waals surface area contributed by atoms with Crippen molar-refractivity contribution in [3.05, 3.63) is 11.9 Å². The van der Waals surface area contributed by atoms with E-state index in [1.807, 2.05) is 0 Å². The Hall–Kier alpha value is -1.96. The van der Waals surface area contributed by atoms with Gasteiger partial charge in [0.05, 0.1) is 18.8 Å². The number of carbonyl (C=O) groups is 2. The van der Waals surface area contributed by atoms with Crippen molar-refractivity contribution >= 4 is 11.9 Å². The standard InChI is InChI=1S/C12H16N4O4/c17-11(15-3-4-20-10(6-15)12(18)19)7-16-5-9(13-14-16)8-1-2-8/h5,8,10H,1-4,6-7H2,(H,18,19)/t10-/m0/s1. The summed E-state index contributed by atoms with van der Waals surface area (Å²) in [6.45, 7) is 0.824. The molecular formula is C12H16N4O4. The summed E-state index contributed by atoms with van der Waals surface area (Å²) >= 11 is 0. The lowest BCUT2D eigenvalue weighted by molar-refractivity contribution is -0.159. The van der Waals surface area contributed by atoms with E-state index in [0.29, 0.717) is 12.5 Å². The molecule has 3 rings (SSSR count). The average molecular weight is 280 g/mol. The third-order valence-corrected chi connectivity index (χ3v) is 3.54. The van der Waals surface area contributed by atoms with E-state index in [0.717, 1.165) is 18.5 Å². The highest BCUT2D eigenvalue weighted by Crippen LogP contribution is 2.38. The van der Waals surface area contributed by atoms with E-state index in [1.54, 1.807) is 6.20 Å². The molecule has 8 heteroatoms. The van der Waals surface area contributed by atoms with Crippen molar-refractivity contribution in [1.29, 1.82) is 0 Å². The molecule has 1 atom stereocenters. The fourth-order valence-corrected chi connectivity index (χ4v) is 2.22. The van der Waals surface area contributed by atoms with E-state index >= 15 is 0 Å². The molecule has 1 aromatic rings. The Morgan fingerprint density at radius 1 is 1.45 bits per heavy atom. The predicted molar refractivity (Wildman–Crippen MR) is 66.0 cm³/mol. The molecule has 0 aromatic carbocycles. The van der Waals surface area contributed by atoms with E-state index < -0.39 is 12.1 Å².